The van der Waals surface area contributed by atoms with Gasteiger partial charge >= 0.3 is 0 Å². The van der Waals surface area contributed by atoms with Gasteiger partial charge in [0.2, 0.25) is 21.8 Å². The van der Waals surface area contributed by atoms with E-state index in [1.54, 1.807) is 0 Å². The van der Waals surface area contributed by atoms with E-state index in [0.29, 0.717) is 6.42 Å². The first-order chi connectivity index (χ1) is 16.4. The van der Waals surface area contributed by atoms with E-state index in [1.165, 1.54) is 23.1 Å². The average Bonchev–Trinajstić information content (AvgIpc) is 2.78. The van der Waals surface area contributed by atoms with E-state index in [2.05, 4.69) is 5.32 Å². The maximum Gasteiger partial charge on any atom is 0.244 e. The Morgan fingerprint density at radius 2 is 1.74 bits per heavy atom. The summed E-state index contributed by atoms with van der Waals surface area (Å²) in [7, 11) is -3.90. The number of anilines is 1. The summed E-state index contributed by atoms with van der Waals surface area (Å²) < 4.78 is 26.3. The van der Waals surface area contributed by atoms with Crippen molar-refractivity contribution < 1.29 is 18.0 Å². The van der Waals surface area contributed by atoms with Gasteiger partial charge in [-0.05, 0) is 50.5 Å². The van der Waals surface area contributed by atoms with Crippen molar-refractivity contribution in [1.29, 1.82) is 0 Å². The Morgan fingerprint density at radius 1 is 1.06 bits per heavy atom. The van der Waals surface area contributed by atoms with Gasteiger partial charge in [0.1, 0.15) is 12.6 Å². The fraction of sp³-hybridized carbons (Fsp3) is 0.440. The zero-order valence-electron chi connectivity index (χ0n) is 20.7. The molecule has 0 spiro atoms. The van der Waals surface area contributed by atoms with E-state index in [0.717, 1.165) is 28.1 Å². The molecule has 2 aromatic rings. The van der Waals surface area contributed by atoms with Crippen LogP contribution >= 0.6 is 23.2 Å². The molecule has 2 atom stereocenters. The molecule has 10 heteroatoms. The third-order valence-corrected chi connectivity index (χ3v) is 7.36. The molecule has 0 aliphatic heterocycles. The third kappa shape index (κ3) is 8.12. The summed E-state index contributed by atoms with van der Waals surface area (Å²) in [6, 6.07) is 11.2. The monoisotopic (exact) mass is 541 g/mol. The molecule has 2 amide bonds. The van der Waals surface area contributed by atoms with Gasteiger partial charge in [-0.25, -0.2) is 8.42 Å². The first kappa shape index (κ1) is 28.9. The standard InChI is InChI=1S/C25H33Cl2N3O4S/c1-6-18(4)28-25(32)22(7-2)29(15-19-10-8-9-17(3)13-19)24(31)16-30(35(5,33)34)23-14-20(26)11-12-21(23)27/h8-14,18,22H,6-7,15-16H2,1-5H3,(H,28,32)/t18-,22-/m1/s1. The van der Waals surface area contributed by atoms with E-state index in [1.807, 2.05) is 52.0 Å². The minimum Gasteiger partial charge on any atom is -0.352 e. The molecule has 0 bridgehead atoms. The Balaban J connectivity index is 2.49. The van der Waals surface area contributed by atoms with Gasteiger partial charge < -0.3 is 10.2 Å². The number of amides is 2. The highest BCUT2D eigenvalue weighted by molar-refractivity contribution is 7.92. The predicted molar refractivity (Wildman–Crippen MR) is 142 cm³/mol. The van der Waals surface area contributed by atoms with Crippen LogP contribution in [-0.2, 0) is 26.2 Å². The zero-order valence-corrected chi connectivity index (χ0v) is 23.0. The van der Waals surface area contributed by atoms with Crippen LogP contribution < -0.4 is 9.62 Å². The number of sulfonamides is 1. The maximum atomic E-state index is 13.7. The van der Waals surface area contributed by atoms with Crippen molar-refractivity contribution in [2.45, 2.75) is 59.2 Å². The number of hydrogen-bond acceptors (Lipinski definition) is 4. The summed E-state index contributed by atoms with van der Waals surface area (Å²) in [6.45, 7) is 7.23. The fourth-order valence-electron chi connectivity index (χ4n) is 3.64. The molecule has 192 valence electrons. The number of hydrogen-bond donors (Lipinski definition) is 1. The second-order valence-corrected chi connectivity index (χ2v) is 11.4. The van der Waals surface area contributed by atoms with Crippen molar-refractivity contribution in [2.75, 3.05) is 17.1 Å². The summed E-state index contributed by atoms with van der Waals surface area (Å²) in [5, 5.41) is 3.36. The van der Waals surface area contributed by atoms with E-state index < -0.39 is 28.5 Å². The Kier molecular flexibility index (Phi) is 10.4. The Bertz CT molecular complexity index is 1160. The minimum atomic E-state index is -3.90. The lowest BCUT2D eigenvalue weighted by molar-refractivity contribution is -0.140. The maximum absolute atomic E-state index is 13.7. The molecule has 0 saturated carbocycles. The first-order valence-corrected chi connectivity index (χ1v) is 14.1. The molecule has 7 nitrogen and oxygen atoms in total. The number of nitrogens with zero attached hydrogens (tertiary/aromatic N) is 2. The molecular weight excluding hydrogens is 509 g/mol. The van der Waals surface area contributed by atoms with E-state index >= 15 is 0 Å². The lowest BCUT2D eigenvalue weighted by Gasteiger charge is -2.33. The third-order valence-electron chi connectivity index (χ3n) is 5.68. The minimum absolute atomic E-state index is 0.0646. The van der Waals surface area contributed by atoms with Crippen LogP contribution in [0.2, 0.25) is 10.0 Å². The van der Waals surface area contributed by atoms with Crippen LogP contribution in [0.1, 0.15) is 44.7 Å². The Labute approximate surface area is 218 Å². The molecule has 0 aromatic heterocycles. The Hall–Kier alpha value is -2.29. The van der Waals surface area contributed by atoms with Gasteiger partial charge in [-0.15, -0.1) is 0 Å². The molecule has 35 heavy (non-hydrogen) atoms. The highest BCUT2D eigenvalue weighted by Gasteiger charge is 2.32. The van der Waals surface area contributed by atoms with Crippen molar-refractivity contribution in [3.63, 3.8) is 0 Å². The second kappa shape index (κ2) is 12.6. The summed E-state index contributed by atoms with van der Waals surface area (Å²) in [4.78, 5) is 28.2. The lowest BCUT2D eigenvalue weighted by Crippen LogP contribution is -2.53. The van der Waals surface area contributed by atoms with Crippen LogP contribution in [0.3, 0.4) is 0 Å². The largest absolute Gasteiger partial charge is 0.352 e. The number of aryl methyl sites for hydroxylation is 1. The number of nitrogens with one attached hydrogen (secondary N) is 1. The van der Waals surface area contributed by atoms with Crippen molar-refractivity contribution in [3.05, 3.63) is 63.6 Å². The van der Waals surface area contributed by atoms with Gasteiger partial charge in [-0.3, -0.25) is 13.9 Å². The molecule has 2 rings (SSSR count). The van der Waals surface area contributed by atoms with E-state index in [4.69, 9.17) is 23.2 Å². The second-order valence-electron chi connectivity index (χ2n) is 8.62. The van der Waals surface area contributed by atoms with E-state index in [9.17, 15) is 18.0 Å². The van der Waals surface area contributed by atoms with Crippen molar-refractivity contribution in [1.82, 2.24) is 10.2 Å². The van der Waals surface area contributed by atoms with Crippen molar-refractivity contribution >= 4 is 50.7 Å². The predicted octanol–water partition coefficient (Wildman–Crippen LogP) is 4.79. The molecule has 0 unspecified atom stereocenters. The normalized spacial score (nSPS) is 13.1. The topological polar surface area (TPSA) is 86.8 Å². The van der Waals surface area contributed by atoms with Crippen LogP contribution in [0.4, 0.5) is 5.69 Å². The summed E-state index contributed by atoms with van der Waals surface area (Å²) in [6.07, 6.45) is 2.09. The van der Waals surface area contributed by atoms with Gasteiger partial charge in [-0.2, -0.15) is 0 Å². The summed E-state index contributed by atoms with van der Waals surface area (Å²) in [5.74, 6) is -0.811. The number of rotatable bonds is 11. The van der Waals surface area contributed by atoms with Crippen molar-refractivity contribution in [2.24, 2.45) is 0 Å². The zero-order chi connectivity index (χ0) is 26.3. The van der Waals surface area contributed by atoms with Crippen LogP contribution in [0, 0.1) is 6.92 Å². The molecule has 0 aliphatic carbocycles. The number of carbonyl (C=O) groups is 2. The van der Waals surface area contributed by atoms with Crippen molar-refractivity contribution in [3.8, 4) is 0 Å². The molecule has 0 heterocycles. The summed E-state index contributed by atoms with van der Waals surface area (Å²) in [5.41, 5.74) is 1.94. The average molecular weight is 543 g/mol. The highest BCUT2D eigenvalue weighted by atomic mass is 35.5. The van der Waals surface area contributed by atoms with Gasteiger partial charge in [0.15, 0.2) is 0 Å². The van der Waals surface area contributed by atoms with Crippen LogP contribution in [0.25, 0.3) is 0 Å². The van der Waals surface area contributed by atoms with Crippen LogP contribution in [0.5, 0.6) is 0 Å². The van der Waals surface area contributed by atoms with Gasteiger partial charge in [0.05, 0.1) is 17.0 Å². The van der Waals surface area contributed by atoms with E-state index in [-0.39, 0.29) is 34.2 Å². The summed E-state index contributed by atoms with van der Waals surface area (Å²) >= 11 is 12.3. The molecule has 2 aromatic carbocycles. The highest BCUT2D eigenvalue weighted by Crippen LogP contribution is 2.31. The SMILES string of the molecule is CC[C@@H](C)NC(=O)[C@@H](CC)N(Cc1cccc(C)c1)C(=O)CN(c1cc(Cl)ccc1Cl)S(C)(=O)=O. The fourth-order valence-corrected chi connectivity index (χ4v) is 4.93. The molecule has 1 N–H and O–H groups in total. The molecule has 0 saturated heterocycles. The smallest absolute Gasteiger partial charge is 0.244 e. The lowest BCUT2D eigenvalue weighted by atomic mass is 10.1. The van der Waals surface area contributed by atoms with Crippen LogP contribution in [0.15, 0.2) is 42.5 Å². The molecule has 0 fully saturated rings. The van der Waals surface area contributed by atoms with Gasteiger partial charge in [0, 0.05) is 17.6 Å². The Morgan fingerprint density at radius 3 is 2.31 bits per heavy atom. The number of carbonyl (C=O) groups excluding carboxylic acids is 2. The molecule has 0 aliphatic rings. The number of halogens is 2. The van der Waals surface area contributed by atoms with Gasteiger partial charge in [-0.1, -0.05) is 66.9 Å². The molecular formula is C25H33Cl2N3O4S. The number of benzene rings is 2. The van der Waals surface area contributed by atoms with Crippen LogP contribution in [-0.4, -0.2) is 50.0 Å². The molecule has 0 radical (unpaired) electrons. The van der Waals surface area contributed by atoms with Gasteiger partial charge in [0.25, 0.3) is 0 Å². The quantitative estimate of drug-likeness (QED) is 0.443. The first-order valence-electron chi connectivity index (χ1n) is 11.5.